The Morgan fingerprint density at radius 2 is 1.87 bits per heavy atom. The predicted octanol–water partition coefficient (Wildman–Crippen LogP) is 0.380. The van der Waals surface area contributed by atoms with Crippen LogP contribution in [0.1, 0.15) is 18.2 Å². The van der Waals surface area contributed by atoms with Gasteiger partial charge in [0, 0.05) is 18.2 Å². The molecule has 1 aromatic rings. The van der Waals surface area contributed by atoms with Gasteiger partial charge in [-0.2, -0.15) is 8.62 Å². The number of hydrogen-bond acceptors (Lipinski definition) is 9. The molecule has 1 fully saturated rings. The smallest absolute Gasteiger partial charge is 0.347 e. The summed E-state index contributed by atoms with van der Waals surface area (Å²) in [5.74, 6) is 0. The molecule has 1 aromatic heterocycles. The monoisotopic (exact) mass is 518 g/mol. The Kier molecular flexibility index (Phi) is 7.37. The van der Waals surface area contributed by atoms with Crippen molar-refractivity contribution in [3.8, 4) is 0 Å². The number of nitrogens with one attached hydrogen (secondary N) is 1. The van der Waals surface area contributed by atoms with Crippen molar-refractivity contribution in [1.29, 1.82) is 0 Å². The molecule has 0 aromatic carbocycles. The molecule has 0 saturated carbocycles. The van der Waals surface area contributed by atoms with E-state index in [4.69, 9.17) is 31.0 Å². The van der Waals surface area contributed by atoms with Gasteiger partial charge in [-0.15, -0.1) is 0 Å². The highest BCUT2D eigenvalue weighted by molar-refractivity contribution is 7.66. The standard InChI is InChI=1S/C10H15ClFN2O13P3/c1-5-3-14(9(16)13-7(5)15)8-10(11,12)2-6(25-8)4-24-29(20,21)27-30(22,23)26-28(17,18)19/h3,6,8H,2,4H2,1H3,(H,20,21)(H,22,23)(H,13,15,16)(H2,17,18,19)/t6-,8+,10+/m0/s1. The van der Waals surface area contributed by atoms with E-state index in [1.807, 2.05) is 4.98 Å². The average Bonchev–Trinajstić information content (AvgIpc) is 2.80. The molecule has 2 unspecified atom stereocenters. The molecule has 0 radical (unpaired) electrons. The first-order chi connectivity index (χ1) is 13.4. The van der Waals surface area contributed by atoms with E-state index in [9.17, 15) is 32.6 Å². The fraction of sp³-hybridized carbons (Fsp3) is 0.600. The van der Waals surface area contributed by atoms with E-state index >= 15 is 0 Å². The second-order valence-corrected chi connectivity index (χ2v) is 11.0. The molecule has 0 aliphatic carbocycles. The van der Waals surface area contributed by atoms with Crippen LogP contribution in [0.5, 0.6) is 0 Å². The number of hydrogen-bond donors (Lipinski definition) is 5. The van der Waals surface area contributed by atoms with E-state index in [1.165, 1.54) is 6.92 Å². The van der Waals surface area contributed by atoms with Crippen molar-refractivity contribution >= 4 is 35.1 Å². The largest absolute Gasteiger partial charge is 0.490 e. The highest BCUT2D eigenvalue weighted by Crippen LogP contribution is 2.66. The number of halogens is 2. The maximum Gasteiger partial charge on any atom is 0.490 e. The highest BCUT2D eigenvalue weighted by Gasteiger charge is 2.51. The Morgan fingerprint density at radius 1 is 1.27 bits per heavy atom. The van der Waals surface area contributed by atoms with Crippen LogP contribution >= 0.6 is 35.1 Å². The number of ether oxygens (including phenoxy) is 1. The van der Waals surface area contributed by atoms with Crippen LogP contribution in [-0.4, -0.2) is 47.0 Å². The van der Waals surface area contributed by atoms with Crippen LogP contribution in [0.15, 0.2) is 15.8 Å². The van der Waals surface area contributed by atoms with Gasteiger partial charge in [0.05, 0.1) is 12.7 Å². The summed E-state index contributed by atoms with van der Waals surface area (Å²) in [6.07, 6.45) is -2.88. The third-order valence-corrected chi connectivity index (χ3v) is 7.56. The molecule has 1 aliphatic heterocycles. The lowest BCUT2D eigenvalue weighted by Gasteiger charge is -2.21. The van der Waals surface area contributed by atoms with Crippen molar-refractivity contribution in [2.45, 2.75) is 30.8 Å². The number of aromatic nitrogens is 2. The molecule has 5 atom stereocenters. The molecular formula is C10H15ClFN2O13P3. The van der Waals surface area contributed by atoms with E-state index in [0.717, 1.165) is 6.20 Å². The lowest BCUT2D eigenvalue weighted by atomic mass is 10.2. The van der Waals surface area contributed by atoms with Crippen molar-refractivity contribution < 1.29 is 55.5 Å². The summed E-state index contributed by atoms with van der Waals surface area (Å²) in [5.41, 5.74) is -1.74. The van der Waals surface area contributed by atoms with Gasteiger partial charge in [-0.3, -0.25) is 18.9 Å². The van der Waals surface area contributed by atoms with Crippen LogP contribution in [0.2, 0.25) is 0 Å². The molecule has 15 nitrogen and oxygen atoms in total. The lowest BCUT2D eigenvalue weighted by Crippen LogP contribution is -2.38. The maximum absolute atomic E-state index is 14.7. The van der Waals surface area contributed by atoms with Crippen LogP contribution in [0.3, 0.4) is 0 Å². The van der Waals surface area contributed by atoms with Crippen molar-refractivity contribution in [2.24, 2.45) is 0 Å². The Bertz CT molecular complexity index is 1070. The third kappa shape index (κ3) is 6.89. The van der Waals surface area contributed by atoms with Gasteiger partial charge in [0.25, 0.3) is 5.56 Å². The second-order valence-electron chi connectivity index (χ2n) is 5.94. The van der Waals surface area contributed by atoms with Gasteiger partial charge in [-0.1, -0.05) is 11.6 Å². The zero-order valence-electron chi connectivity index (χ0n) is 14.7. The van der Waals surface area contributed by atoms with E-state index in [1.54, 1.807) is 0 Å². The third-order valence-electron chi connectivity index (χ3n) is 3.42. The second kappa shape index (κ2) is 8.66. The molecule has 0 spiro atoms. The summed E-state index contributed by atoms with van der Waals surface area (Å²) in [5, 5.41) is -2.72. The number of phosphoric acid groups is 3. The number of aryl methyl sites for hydroxylation is 1. The Balaban J connectivity index is 2.09. The number of phosphoric ester groups is 1. The topological polar surface area (TPSA) is 224 Å². The molecule has 172 valence electrons. The fourth-order valence-electron chi connectivity index (χ4n) is 2.34. The summed E-state index contributed by atoms with van der Waals surface area (Å²) >= 11 is 5.70. The van der Waals surface area contributed by atoms with Crippen LogP contribution in [-0.2, 0) is 31.6 Å². The van der Waals surface area contributed by atoms with Crippen molar-refractivity contribution in [1.82, 2.24) is 9.55 Å². The van der Waals surface area contributed by atoms with Crippen LogP contribution in [0, 0.1) is 6.92 Å². The van der Waals surface area contributed by atoms with E-state index in [2.05, 4.69) is 13.1 Å². The first-order valence-corrected chi connectivity index (χ1v) is 12.4. The SMILES string of the molecule is Cc1cn([C@@H]2O[C@H](COP(=O)(O)OP(=O)(O)OP(=O)(O)O)C[C@]2(F)Cl)c(=O)[nH]c1=O. The average molecular weight is 519 g/mol. The zero-order chi connectivity index (χ0) is 23.1. The molecule has 20 heteroatoms. The Labute approximate surface area is 170 Å². The summed E-state index contributed by atoms with van der Waals surface area (Å²) in [4.78, 5) is 60.6. The van der Waals surface area contributed by atoms with Gasteiger partial charge in [0.2, 0.25) is 5.13 Å². The van der Waals surface area contributed by atoms with Gasteiger partial charge < -0.3 is 24.3 Å². The number of rotatable bonds is 8. The molecule has 0 amide bonds. The van der Waals surface area contributed by atoms with Crippen molar-refractivity contribution in [3.63, 3.8) is 0 Å². The molecule has 30 heavy (non-hydrogen) atoms. The molecule has 2 heterocycles. The first kappa shape index (κ1) is 25.5. The summed E-state index contributed by atoms with van der Waals surface area (Å²) in [7, 11) is -16.7. The highest BCUT2D eigenvalue weighted by atomic mass is 35.5. The van der Waals surface area contributed by atoms with Gasteiger partial charge in [0.15, 0.2) is 6.23 Å². The van der Waals surface area contributed by atoms with Crippen molar-refractivity contribution in [2.75, 3.05) is 6.61 Å². The quantitative estimate of drug-likeness (QED) is 0.232. The minimum atomic E-state index is -5.72. The summed E-state index contributed by atoms with van der Waals surface area (Å²) < 4.78 is 65.4. The number of nitrogens with zero attached hydrogens (tertiary/aromatic N) is 1. The number of H-pyrrole nitrogens is 1. The van der Waals surface area contributed by atoms with Gasteiger partial charge >= 0.3 is 29.2 Å². The Morgan fingerprint density at radius 3 is 2.43 bits per heavy atom. The van der Waals surface area contributed by atoms with Gasteiger partial charge in [-0.05, 0) is 6.92 Å². The maximum atomic E-state index is 14.7. The van der Waals surface area contributed by atoms with Crippen LogP contribution < -0.4 is 11.2 Å². The zero-order valence-corrected chi connectivity index (χ0v) is 18.1. The molecule has 5 N–H and O–H groups in total. The predicted molar refractivity (Wildman–Crippen MR) is 94.1 cm³/mol. The van der Waals surface area contributed by atoms with E-state index in [0.29, 0.717) is 4.57 Å². The molecule has 0 bridgehead atoms. The molecule has 1 aliphatic rings. The first-order valence-electron chi connectivity index (χ1n) is 7.54. The number of alkyl halides is 2. The fourth-order valence-corrected chi connectivity index (χ4v) is 5.72. The van der Waals surface area contributed by atoms with Crippen molar-refractivity contribution in [3.05, 3.63) is 32.6 Å². The molecule has 2 rings (SSSR count). The lowest BCUT2D eigenvalue weighted by molar-refractivity contribution is -0.0462. The summed E-state index contributed by atoms with van der Waals surface area (Å²) in [6, 6.07) is 0. The minimum absolute atomic E-state index is 0.0300. The summed E-state index contributed by atoms with van der Waals surface area (Å²) in [6.45, 7) is 0.361. The molecular weight excluding hydrogens is 503 g/mol. The normalized spacial score (nSPS) is 28.8. The molecule has 1 saturated heterocycles. The van der Waals surface area contributed by atoms with E-state index < -0.39 is 65.2 Å². The Hall–Kier alpha value is -0.730. The minimum Gasteiger partial charge on any atom is -0.347 e. The number of aromatic amines is 1. The van der Waals surface area contributed by atoms with Gasteiger partial charge in [-0.25, -0.2) is 22.9 Å². The van der Waals surface area contributed by atoms with Crippen LogP contribution in [0.4, 0.5) is 4.39 Å². The van der Waals surface area contributed by atoms with Crippen LogP contribution in [0.25, 0.3) is 0 Å². The van der Waals surface area contributed by atoms with E-state index in [-0.39, 0.29) is 5.56 Å². The van der Waals surface area contributed by atoms with Gasteiger partial charge in [0.1, 0.15) is 0 Å².